The molecule has 1 N–H and O–H groups in total. The second kappa shape index (κ2) is 15.8. The van der Waals surface area contributed by atoms with Gasteiger partial charge in [0.2, 0.25) is 0 Å². The van der Waals surface area contributed by atoms with Gasteiger partial charge in [-0.2, -0.15) is 0 Å². The normalized spacial score (nSPS) is 9.39. The zero-order chi connectivity index (χ0) is 17.5. The molecule has 2 rings (SSSR count). The van der Waals surface area contributed by atoms with Crippen LogP contribution in [0.5, 0.6) is 0 Å². The number of aryl methyl sites for hydroxylation is 2. The van der Waals surface area contributed by atoms with Gasteiger partial charge in [0, 0.05) is 25.7 Å². The SMILES string of the molecule is BrCCCBr.Cc1ccc(CCCBr)s1.O=C(O)c1cccs1. The summed E-state index contributed by atoms with van der Waals surface area (Å²) < 4.78 is 0. The quantitative estimate of drug-likeness (QED) is 0.395. The summed E-state index contributed by atoms with van der Waals surface area (Å²) in [6.45, 7) is 2.16. The van der Waals surface area contributed by atoms with E-state index in [1.54, 1.807) is 17.5 Å². The minimum absolute atomic E-state index is 0.394. The van der Waals surface area contributed by atoms with E-state index in [1.807, 2.05) is 11.3 Å². The standard InChI is InChI=1S/C8H11BrS.C5H4O2S.C3H6Br2/c1-7-4-5-8(10-7)3-2-6-9;6-5(7)4-2-1-3-8-4;4-2-1-3-5/h4-5H,2-3,6H2,1H3;1-3H,(H,6,7);1-3H2. The molecule has 0 aliphatic carbocycles. The largest absolute Gasteiger partial charge is 0.477 e. The van der Waals surface area contributed by atoms with E-state index in [2.05, 4.69) is 66.8 Å². The first-order chi connectivity index (χ1) is 11.0. The molecule has 0 bridgehead atoms. The van der Waals surface area contributed by atoms with Crippen LogP contribution in [0, 0.1) is 6.92 Å². The lowest BCUT2D eigenvalue weighted by Crippen LogP contribution is -1.89. The monoisotopic (exact) mass is 546 g/mol. The summed E-state index contributed by atoms with van der Waals surface area (Å²) in [6.07, 6.45) is 3.70. The summed E-state index contributed by atoms with van der Waals surface area (Å²) in [4.78, 5) is 13.4. The molecular weight excluding hydrogens is 528 g/mol. The first-order valence-electron chi connectivity index (χ1n) is 7.05. The number of thiophene rings is 2. The van der Waals surface area contributed by atoms with Crippen LogP contribution in [0.4, 0.5) is 0 Å². The Balaban J connectivity index is 0.000000335. The molecule has 0 saturated carbocycles. The number of carbonyl (C=O) groups is 1. The molecule has 2 aromatic heterocycles. The number of rotatable bonds is 6. The van der Waals surface area contributed by atoms with E-state index in [4.69, 9.17) is 5.11 Å². The molecule has 0 atom stereocenters. The van der Waals surface area contributed by atoms with Crippen molar-refractivity contribution in [2.24, 2.45) is 0 Å². The summed E-state index contributed by atoms with van der Waals surface area (Å²) in [6, 6.07) is 7.71. The van der Waals surface area contributed by atoms with Crippen LogP contribution in [0.1, 0.15) is 32.3 Å². The van der Waals surface area contributed by atoms with Crippen LogP contribution in [0.25, 0.3) is 0 Å². The molecule has 0 fully saturated rings. The molecule has 0 saturated heterocycles. The molecule has 0 amide bonds. The minimum Gasteiger partial charge on any atom is -0.477 e. The zero-order valence-corrected chi connectivity index (χ0v) is 19.3. The van der Waals surface area contributed by atoms with Gasteiger partial charge in [-0.15, -0.1) is 22.7 Å². The maximum atomic E-state index is 10.1. The van der Waals surface area contributed by atoms with E-state index in [0.717, 1.165) is 16.0 Å². The Morgan fingerprint density at radius 2 is 1.74 bits per heavy atom. The third kappa shape index (κ3) is 13.3. The van der Waals surface area contributed by atoms with Crippen molar-refractivity contribution in [3.63, 3.8) is 0 Å². The van der Waals surface area contributed by atoms with Crippen LogP contribution in [-0.4, -0.2) is 27.1 Å². The van der Waals surface area contributed by atoms with Gasteiger partial charge >= 0.3 is 5.97 Å². The fourth-order valence-corrected chi connectivity index (χ4v) is 4.40. The van der Waals surface area contributed by atoms with Gasteiger partial charge in [-0.3, -0.25) is 0 Å². The highest BCUT2D eigenvalue weighted by Crippen LogP contribution is 2.16. The van der Waals surface area contributed by atoms with E-state index in [0.29, 0.717) is 4.88 Å². The van der Waals surface area contributed by atoms with E-state index < -0.39 is 5.97 Å². The van der Waals surface area contributed by atoms with Gasteiger partial charge in [0.15, 0.2) is 0 Å². The predicted molar refractivity (Wildman–Crippen MR) is 115 cm³/mol. The third-order valence-electron chi connectivity index (χ3n) is 2.35. The average Bonchev–Trinajstić information content (AvgIpc) is 3.19. The summed E-state index contributed by atoms with van der Waals surface area (Å²) in [5.41, 5.74) is 0. The fourth-order valence-electron chi connectivity index (χ4n) is 1.31. The molecular formula is C16H21Br3O2S2. The van der Waals surface area contributed by atoms with E-state index in [9.17, 15) is 4.79 Å². The Morgan fingerprint density at radius 1 is 1.09 bits per heavy atom. The third-order valence-corrected chi connectivity index (χ3v) is 5.95. The molecule has 0 aromatic carbocycles. The van der Waals surface area contributed by atoms with Crippen molar-refractivity contribution in [3.8, 4) is 0 Å². The maximum absolute atomic E-state index is 10.1. The lowest BCUT2D eigenvalue weighted by atomic mass is 10.3. The predicted octanol–water partition coefficient (Wildman–Crippen LogP) is 7.00. The van der Waals surface area contributed by atoms with Crippen LogP contribution in [-0.2, 0) is 6.42 Å². The highest BCUT2D eigenvalue weighted by Gasteiger charge is 1.99. The van der Waals surface area contributed by atoms with Gasteiger partial charge in [0.25, 0.3) is 0 Å². The Kier molecular flexibility index (Phi) is 16.0. The number of carboxylic acid groups (broad SMARTS) is 1. The van der Waals surface area contributed by atoms with E-state index in [1.165, 1.54) is 40.4 Å². The van der Waals surface area contributed by atoms with Crippen molar-refractivity contribution in [1.82, 2.24) is 0 Å². The molecule has 0 radical (unpaired) electrons. The smallest absolute Gasteiger partial charge is 0.345 e. The van der Waals surface area contributed by atoms with Crippen molar-refractivity contribution in [2.45, 2.75) is 26.2 Å². The van der Waals surface area contributed by atoms with Gasteiger partial charge in [-0.1, -0.05) is 53.9 Å². The molecule has 7 heteroatoms. The molecule has 2 heterocycles. The number of hydrogen-bond donors (Lipinski definition) is 1. The average molecular weight is 549 g/mol. The summed E-state index contributed by atoms with van der Waals surface area (Å²) in [5, 5.41) is 13.4. The topological polar surface area (TPSA) is 37.3 Å². The lowest BCUT2D eigenvalue weighted by Gasteiger charge is -1.90. The summed E-state index contributed by atoms with van der Waals surface area (Å²) in [5.74, 6) is -0.847. The van der Waals surface area contributed by atoms with Crippen LogP contribution < -0.4 is 0 Å². The molecule has 0 aliphatic rings. The van der Waals surface area contributed by atoms with Gasteiger partial charge in [0.1, 0.15) is 4.88 Å². The van der Waals surface area contributed by atoms with Crippen molar-refractivity contribution < 1.29 is 9.90 Å². The molecule has 0 aliphatic heterocycles. The number of alkyl halides is 3. The molecule has 23 heavy (non-hydrogen) atoms. The van der Waals surface area contributed by atoms with Gasteiger partial charge in [-0.05, 0) is 49.8 Å². The summed E-state index contributed by atoms with van der Waals surface area (Å²) in [7, 11) is 0. The maximum Gasteiger partial charge on any atom is 0.345 e. The number of halogens is 3. The molecule has 0 spiro atoms. The van der Waals surface area contributed by atoms with Gasteiger partial charge < -0.3 is 5.11 Å². The first-order valence-corrected chi connectivity index (χ1v) is 12.1. The lowest BCUT2D eigenvalue weighted by molar-refractivity contribution is 0.0702. The van der Waals surface area contributed by atoms with Crippen molar-refractivity contribution >= 4 is 76.4 Å². The molecule has 130 valence electrons. The minimum atomic E-state index is -0.847. The summed E-state index contributed by atoms with van der Waals surface area (Å²) >= 11 is 13.1. The number of carboxylic acids is 1. The van der Waals surface area contributed by atoms with Crippen LogP contribution in [0.3, 0.4) is 0 Å². The van der Waals surface area contributed by atoms with Gasteiger partial charge in [-0.25, -0.2) is 4.79 Å². The Labute approximate surface area is 171 Å². The van der Waals surface area contributed by atoms with Crippen LogP contribution in [0.2, 0.25) is 0 Å². The highest BCUT2D eigenvalue weighted by molar-refractivity contribution is 9.09. The number of hydrogen-bond acceptors (Lipinski definition) is 3. The Hall–Kier alpha value is 0.310. The fraction of sp³-hybridized carbons (Fsp3) is 0.438. The first kappa shape index (κ1) is 23.3. The molecule has 0 unspecified atom stereocenters. The highest BCUT2D eigenvalue weighted by atomic mass is 79.9. The van der Waals surface area contributed by atoms with Crippen LogP contribution >= 0.6 is 70.5 Å². The number of aromatic carboxylic acids is 1. The van der Waals surface area contributed by atoms with E-state index in [-0.39, 0.29) is 0 Å². The Bertz CT molecular complexity index is 511. The van der Waals surface area contributed by atoms with Gasteiger partial charge in [0.05, 0.1) is 0 Å². The zero-order valence-electron chi connectivity index (χ0n) is 12.9. The van der Waals surface area contributed by atoms with E-state index >= 15 is 0 Å². The van der Waals surface area contributed by atoms with Crippen molar-refractivity contribution in [3.05, 3.63) is 44.3 Å². The second-order valence-electron chi connectivity index (χ2n) is 4.32. The van der Waals surface area contributed by atoms with Crippen LogP contribution in [0.15, 0.2) is 29.6 Å². The second-order valence-corrected chi connectivity index (χ2v) is 9.02. The molecule has 2 nitrogen and oxygen atoms in total. The van der Waals surface area contributed by atoms with Crippen molar-refractivity contribution in [2.75, 3.05) is 16.0 Å². The molecule has 2 aromatic rings. The van der Waals surface area contributed by atoms with Crippen molar-refractivity contribution in [1.29, 1.82) is 0 Å². The Morgan fingerprint density at radius 3 is 2.04 bits per heavy atom.